The molecule has 0 fully saturated rings. The molecule has 4 nitrogen and oxygen atoms in total. The maximum Gasteiger partial charge on any atom is 0.0874 e. The number of nitrogens with one attached hydrogen (secondary N) is 1. The highest BCUT2D eigenvalue weighted by Gasteiger charge is 2.05. The van der Waals surface area contributed by atoms with Gasteiger partial charge in [0, 0.05) is 18.9 Å². The Balaban J connectivity index is 2.21. The van der Waals surface area contributed by atoms with Gasteiger partial charge >= 0.3 is 0 Å². The van der Waals surface area contributed by atoms with Gasteiger partial charge in [0.15, 0.2) is 0 Å². The minimum absolute atomic E-state index is 0.836. The van der Waals surface area contributed by atoms with Crippen LogP contribution in [0.1, 0.15) is 18.9 Å². The summed E-state index contributed by atoms with van der Waals surface area (Å²) < 4.78 is 2.80. The van der Waals surface area contributed by atoms with E-state index >= 15 is 0 Å². The minimum Gasteiger partial charge on any atom is -0.313 e. The fourth-order valence-electron chi connectivity index (χ4n) is 1.60. The molecule has 0 saturated carbocycles. The van der Waals surface area contributed by atoms with Crippen LogP contribution in [0.2, 0.25) is 0 Å². The second kappa shape index (κ2) is 5.93. The van der Waals surface area contributed by atoms with E-state index in [1.165, 1.54) is 5.56 Å². The van der Waals surface area contributed by atoms with E-state index < -0.39 is 0 Å². The second-order valence-corrected chi connectivity index (χ2v) is 4.70. The highest BCUT2D eigenvalue weighted by atomic mass is 79.9. The maximum atomic E-state index is 4.28. The zero-order valence-corrected chi connectivity index (χ0v) is 11.3. The number of pyridine rings is 1. The van der Waals surface area contributed by atoms with Crippen molar-refractivity contribution in [3.63, 3.8) is 0 Å². The fraction of sp³-hybridized carbons (Fsp3) is 0.333. The summed E-state index contributed by atoms with van der Waals surface area (Å²) in [5.41, 5.74) is 2.21. The third kappa shape index (κ3) is 3.14. The van der Waals surface area contributed by atoms with Crippen LogP contribution < -0.4 is 5.32 Å². The van der Waals surface area contributed by atoms with Gasteiger partial charge in [-0.2, -0.15) is 5.10 Å². The predicted octanol–water partition coefficient (Wildman–Crippen LogP) is 2.53. The number of rotatable bonds is 5. The van der Waals surface area contributed by atoms with Crippen LogP contribution in [0, 0.1) is 0 Å². The molecule has 0 bridgehead atoms. The Morgan fingerprint density at radius 3 is 3.00 bits per heavy atom. The molecule has 0 saturated heterocycles. The van der Waals surface area contributed by atoms with Crippen molar-refractivity contribution in [2.45, 2.75) is 19.9 Å². The molecule has 0 aliphatic heterocycles. The Bertz CT molecular complexity index is 481. The summed E-state index contributed by atoms with van der Waals surface area (Å²) in [6.45, 7) is 4.01. The third-order valence-corrected chi connectivity index (χ3v) is 2.84. The smallest absolute Gasteiger partial charge is 0.0874 e. The number of halogens is 1. The SMILES string of the molecule is CCCNCc1ccncc1-n1cc(Br)cn1. The van der Waals surface area contributed by atoms with Crippen molar-refractivity contribution >= 4 is 15.9 Å². The lowest BCUT2D eigenvalue weighted by molar-refractivity contribution is 0.669. The van der Waals surface area contributed by atoms with E-state index in [1.54, 1.807) is 6.20 Å². The molecule has 5 heteroatoms. The van der Waals surface area contributed by atoms with E-state index in [2.05, 4.69) is 38.3 Å². The second-order valence-electron chi connectivity index (χ2n) is 3.78. The van der Waals surface area contributed by atoms with Gasteiger partial charge in [0.05, 0.1) is 22.6 Å². The van der Waals surface area contributed by atoms with E-state index in [4.69, 9.17) is 0 Å². The largest absolute Gasteiger partial charge is 0.313 e. The first kappa shape index (κ1) is 12.3. The number of nitrogens with zero attached hydrogens (tertiary/aromatic N) is 3. The third-order valence-electron chi connectivity index (χ3n) is 2.43. The van der Waals surface area contributed by atoms with Gasteiger partial charge in [-0.1, -0.05) is 6.92 Å². The van der Waals surface area contributed by atoms with Crippen LogP contribution in [0.15, 0.2) is 35.3 Å². The molecule has 0 unspecified atom stereocenters. The zero-order valence-electron chi connectivity index (χ0n) is 9.73. The number of aromatic nitrogens is 3. The summed E-state index contributed by atoms with van der Waals surface area (Å²) in [7, 11) is 0. The molecule has 0 radical (unpaired) electrons. The normalized spacial score (nSPS) is 10.7. The van der Waals surface area contributed by atoms with Crippen LogP contribution >= 0.6 is 15.9 Å². The molecule has 0 spiro atoms. The Kier molecular flexibility index (Phi) is 4.28. The first-order valence-corrected chi connectivity index (χ1v) is 6.44. The highest BCUT2D eigenvalue weighted by molar-refractivity contribution is 9.10. The maximum absolute atomic E-state index is 4.28. The van der Waals surface area contributed by atoms with Crippen molar-refractivity contribution in [3.8, 4) is 5.69 Å². The van der Waals surface area contributed by atoms with Gasteiger partial charge in [0.1, 0.15) is 0 Å². The molecule has 1 N–H and O–H groups in total. The topological polar surface area (TPSA) is 42.7 Å². The Morgan fingerprint density at radius 2 is 2.29 bits per heavy atom. The van der Waals surface area contributed by atoms with Crippen LogP contribution in [-0.4, -0.2) is 21.3 Å². The average Bonchev–Trinajstić information content (AvgIpc) is 2.77. The summed E-state index contributed by atoms with van der Waals surface area (Å²) >= 11 is 3.40. The van der Waals surface area contributed by atoms with Crippen LogP contribution in [0.25, 0.3) is 5.69 Å². The van der Waals surface area contributed by atoms with Crippen molar-refractivity contribution < 1.29 is 0 Å². The Hall–Kier alpha value is -1.20. The van der Waals surface area contributed by atoms with E-state index in [0.717, 1.165) is 29.7 Å². The molecule has 2 heterocycles. The predicted molar refractivity (Wildman–Crippen MR) is 71.1 cm³/mol. The van der Waals surface area contributed by atoms with Crippen molar-refractivity contribution in [2.75, 3.05) is 6.54 Å². The van der Waals surface area contributed by atoms with E-state index in [-0.39, 0.29) is 0 Å². The Morgan fingerprint density at radius 1 is 1.41 bits per heavy atom. The van der Waals surface area contributed by atoms with E-state index in [0.29, 0.717) is 0 Å². The molecule has 90 valence electrons. The van der Waals surface area contributed by atoms with Gasteiger partial charge in [0.25, 0.3) is 0 Å². The molecular formula is C12H15BrN4. The first-order chi connectivity index (χ1) is 8.31. The number of hydrogen-bond donors (Lipinski definition) is 1. The fourth-order valence-corrected chi connectivity index (χ4v) is 1.89. The molecule has 17 heavy (non-hydrogen) atoms. The van der Waals surface area contributed by atoms with Crippen LogP contribution in [0.4, 0.5) is 0 Å². The average molecular weight is 295 g/mol. The molecule has 2 aromatic rings. The van der Waals surface area contributed by atoms with Crippen molar-refractivity contribution in [3.05, 3.63) is 40.9 Å². The lowest BCUT2D eigenvalue weighted by Gasteiger charge is -2.09. The molecule has 2 aromatic heterocycles. The standard InChI is InChI=1S/C12H15BrN4/c1-2-4-14-6-10-3-5-15-8-12(10)17-9-11(13)7-16-17/h3,5,7-9,14H,2,4,6H2,1H3. The van der Waals surface area contributed by atoms with Crippen LogP contribution in [0.5, 0.6) is 0 Å². The lowest BCUT2D eigenvalue weighted by atomic mass is 10.2. The van der Waals surface area contributed by atoms with Crippen molar-refractivity contribution in [1.29, 1.82) is 0 Å². The summed E-state index contributed by atoms with van der Waals surface area (Å²) in [4.78, 5) is 4.16. The van der Waals surface area contributed by atoms with Crippen molar-refractivity contribution in [2.24, 2.45) is 0 Å². The molecule has 2 rings (SSSR count). The monoisotopic (exact) mass is 294 g/mol. The zero-order chi connectivity index (χ0) is 12.1. The molecule has 0 aromatic carbocycles. The highest BCUT2D eigenvalue weighted by Crippen LogP contribution is 2.15. The van der Waals surface area contributed by atoms with Gasteiger partial charge in [-0.25, -0.2) is 4.68 Å². The van der Waals surface area contributed by atoms with Crippen LogP contribution in [-0.2, 0) is 6.54 Å². The molecular weight excluding hydrogens is 280 g/mol. The van der Waals surface area contributed by atoms with Gasteiger partial charge < -0.3 is 5.32 Å². The lowest BCUT2D eigenvalue weighted by Crippen LogP contribution is -2.15. The van der Waals surface area contributed by atoms with Crippen molar-refractivity contribution in [1.82, 2.24) is 20.1 Å². The molecule has 0 aliphatic rings. The minimum atomic E-state index is 0.836. The summed E-state index contributed by atoms with van der Waals surface area (Å²) in [5, 5.41) is 7.66. The molecule has 0 aliphatic carbocycles. The molecule has 0 amide bonds. The summed E-state index contributed by atoms with van der Waals surface area (Å²) in [5.74, 6) is 0. The van der Waals surface area contributed by atoms with Gasteiger partial charge in [-0.05, 0) is 40.5 Å². The van der Waals surface area contributed by atoms with E-state index in [1.807, 2.05) is 29.3 Å². The first-order valence-electron chi connectivity index (χ1n) is 5.65. The number of hydrogen-bond acceptors (Lipinski definition) is 3. The summed E-state index contributed by atoms with van der Waals surface area (Å²) in [6.07, 6.45) is 8.48. The molecule has 0 atom stereocenters. The summed E-state index contributed by atoms with van der Waals surface area (Å²) in [6, 6.07) is 2.02. The van der Waals surface area contributed by atoms with E-state index in [9.17, 15) is 0 Å². The van der Waals surface area contributed by atoms with Gasteiger partial charge in [-0.3, -0.25) is 4.98 Å². The van der Waals surface area contributed by atoms with Gasteiger partial charge in [0.2, 0.25) is 0 Å². The Labute approximate surface area is 109 Å². The van der Waals surface area contributed by atoms with Crippen LogP contribution in [0.3, 0.4) is 0 Å². The van der Waals surface area contributed by atoms with Gasteiger partial charge in [-0.15, -0.1) is 0 Å². The quantitative estimate of drug-likeness (QED) is 0.862.